The molecule has 0 bridgehead atoms. The molecule has 7 aromatic heterocycles. The molecule has 28 rings (SSSR count). The lowest BCUT2D eigenvalue weighted by Crippen LogP contribution is -2.24. The molecular formula is C126H82N7P3S3. The molecule has 139 heavy (non-hydrogen) atoms. The second-order valence-electron chi connectivity index (χ2n) is 35.7. The van der Waals surface area contributed by atoms with Gasteiger partial charge in [-0.05, 0) is 233 Å². The van der Waals surface area contributed by atoms with E-state index in [0.717, 1.165) is 93.9 Å². The average Bonchev–Trinajstić information content (AvgIpc) is 1.62. The van der Waals surface area contributed by atoms with E-state index < -0.39 is 18.1 Å². The monoisotopic (exact) mass is 1880 g/mol. The molecule has 0 aliphatic carbocycles. The molecule has 654 valence electrons. The van der Waals surface area contributed by atoms with Crippen molar-refractivity contribution in [2.24, 2.45) is 0 Å². The Bertz CT molecular complexity index is 9870. The maximum absolute atomic E-state index is 6.83. The van der Waals surface area contributed by atoms with Crippen LogP contribution in [-0.4, -0.2) is 33.1 Å². The number of fused-ring (bicyclic) bond motifs is 30. The quantitative estimate of drug-likeness (QED) is 0.0686. The Hall–Kier alpha value is -15.8. The Labute approximate surface area is 817 Å². The highest BCUT2D eigenvalue weighted by atomic mass is 32.4. The SMILES string of the molecule is S=P(c1ccccc1)(c1ccccc1)c1ccc2c(c1)c1c3ccccc3ccc1c1nc3cc(-c4cccc5ccccc45)ccc3n21.S=P(c1ccccc1)(c1ccccc1)c1ccc2c(c1)c1ccc3ccc(-c4cccnc4)cc3c1c1nc3ccccc3n21.S=P(c1ccccc1)(c1ccccc1)c1ccc2c3cc4cc(-c5ccccc5)ccc4cc3c3nc4ccccc4n3c2c1. The van der Waals surface area contributed by atoms with E-state index in [0.29, 0.717) is 0 Å². The van der Waals surface area contributed by atoms with E-state index in [4.69, 9.17) is 50.4 Å². The van der Waals surface area contributed by atoms with Crippen LogP contribution in [0.15, 0.2) is 498 Å². The molecule has 0 spiro atoms. The fourth-order valence-corrected chi connectivity index (χ4v) is 32.6. The number of imidazole rings is 3. The molecule has 0 radical (unpaired) electrons. The van der Waals surface area contributed by atoms with Gasteiger partial charge in [-0.25, -0.2) is 15.0 Å². The second-order valence-corrected chi connectivity index (χ2v) is 48.9. The van der Waals surface area contributed by atoms with Crippen LogP contribution in [0.5, 0.6) is 0 Å². The van der Waals surface area contributed by atoms with Crippen LogP contribution in [0, 0.1) is 0 Å². The van der Waals surface area contributed by atoms with Crippen molar-refractivity contribution in [1.29, 1.82) is 0 Å². The fourth-order valence-electron chi connectivity index (χ4n) is 21.3. The molecular weight excluding hydrogens is 1800 g/mol. The van der Waals surface area contributed by atoms with E-state index in [-0.39, 0.29) is 0 Å². The van der Waals surface area contributed by atoms with Crippen LogP contribution in [0.25, 0.3) is 192 Å². The predicted molar refractivity (Wildman–Crippen MR) is 605 cm³/mol. The van der Waals surface area contributed by atoms with Crippen molar-refractivity contribution in [3.8, 4) is 33.4 Å². The molecule has 0 saturated carbocycles. The van der Waals surface area contributed by atoms with Gasteiger partial charge in [0.15, 0.2) is 0 Å². The maximum atomic E-state index is 6.83. The molecule has 0 atom stereocenters. The summed E-state index contributed by atoms with van der Waals surface area (Å²) in [5.41, 5.74) is 19.6. The van der Waals surface area contributed by atoms with Gasteiger partial charge in [0.25, 0.3) is 0 Å². The number of para-hydroxylation sites is 4. The molecule has 0 amide bonds. The summed E-state index contributed by atoms with van der Waals surface area (Å²) in [5.74, 6) is 0. The summed E-state index contributed by atoms with van der Waals surface area (Å²) in [5, 5.41) is 31.0. The fraction of sp³-hybridized carbons (Fsp3) is 0. The average molecular weight is 1880 g/mol. The molecule has 0 fully saturated rings. The largest absolute Gasteiger partial charge is 0.292 e. The second kappa shape index (κ2) is 34.2. The van der Waals surface area contributed by atoms with Gasteiger partial charge in [-0.3, -0.25) is 18.2 Å². The first-order valence-electron chi connectivity index (χ1n) is 46.8. The first-order valence-corrected chi connectivity index (χ1v) is 55.2. The van der Waals surface area contributed by atoms with E-state index in [1.54, 1.807) is 0 Å². The van der Waals surface area contributed by atoms with Crippen LogP contribution in [0.1, 0.15) is 0 Å². The van der Waals surface area contributed by atoms with E-state index in [1.165, 1.54) is 145 Å². The van der Waals surface area contributed by atoms with Crippen LogP contribution in [0.4, 0.5) is 0 Å². The van der Waals surface area contributed by atoms with Gasteiger partial charge in [-0.2, -0.15) is 0 Å². The summed E-state index contributed by atoms with van der Waals surface area (Å²) < 4.78 is 7.03. The Morgan fingerprint density at radius 3 is 1.19 bits per heavy atom. The van der Waals surface area contributed by atoms with E-state index in [9.17, 15) is 0 Å². The maximum Gasteiger partial charge on any atom is 0.147 e. The Morgan fingerprint density at radius 1 is 0.180 bits per heavy atom. The Kier molecular flexibility index (Phi) is 20.6. The van der Waals surface area contributed by atoms with Crippen molar-refractivity contribution >= 4 is 259 Å². The standard InChI is InChI=1S/C45H29N2PS.C41H27N2PS.C40H26N3PS/c49-48(33-15-3-1-4-16-33,34-17-5-2-6-18-34)35-24-27-42-40(29-35)44-38-20-10-8-13-31(38)22-25-39(44)45-46-41-28-32(23-26-43(41)47(42)45)37-21-11-14-30-12-7-9-19-36(30)37;45-44(32-14-6-2-7-15-32,33-16-8-3-9-17-33)34-22-23-35-36-26-31-24-29(28-12-4-1-5-13-28)20-21-30(31)25-37(36)41-42-38-18-10-11-19-39(38)43(41)40(35)27-34;45-44(30-11-3-1-4-12-30,31-13-5-2-6-14-31)32-20-22-37-35(25-32)33-21-19-27-17-18-28(29-10-9-23-41-26-29)24-34(27)39(33)40-42-36-15-7-8-16-38(36)43(37)40/h1-29H;1-27H;1-26H. The van der Waals surface area contributed by atoms with Crippen LogP contribution in [0.3, 0.4) is 0 Å². The van der Waals surface area contributed by atoms with Crippen molar-refractivity contribution < 1.29 is 0 Å². The molecule has 0 N–H and O–H groups in total. The van der Waals surface area contributed by atoms with Crippen molar-refractivity contribution in [2.75, 3.05) is 0 Å². The molecule has 7 nitrogen and oxygen atoms in total. The van der Waals surface area contributed by atoms with Crippen LogP contribution >= 0.6 is 18.1 Å². The highest BCUT2D eigenvalue weighted by molar-refractivity contribution is 8.26. The van der Waals surface area contributed by atoms with Gasteiger partial charge in [0.1, 0.15) is 16.9 Å². The topological polar surface area (TPSA) is 64.8 Å². The lowest BCUT2D eigenvalue weighted by atomic mass is 9.96. The molecule has 0 saturated heterocycles. The smallest absolute Gasteiger partial charge is 0.147 e. The van der Waals surface area contributed by atoms with Crippen molar-refractivity contribution in [3.05, 3.63) is 498 Å². The summed E-state index contributed by atoms with van der Waals surface area (Å²) in [6, 6.07) is 167. The van der Waals surface area contributed by atoms with Gasteiger partial charge in [0.2, 0.25) is 0 Å². The van der Waals surface area contributed by atoms with Gasteiger partial charge in [0.05, 0.1) is 49.7 Å². The number of rotatable bonds is 12. The lowest BCUT2D eigenvalue weighted by Gasteiger charge is -2.25. The summed E-state index contributed by atoms with van der Waals surface area (Å²) in [7, 11) is 0. The first-order chi connectivity index (χ1) is 68.6. The van der Waals surface area contributed by atoms with Crippen molar-refractivity contribution in [2.45, 2.75) is 0 Å². The number of benzene rings is 21. The van der Waals surface area contributed by atoms with E-state index in [1.807, 2.05) is 18.5 Å². The van der Waals surface area contributed by atoms with Gasteiger partial charge < -0.3 is 0 Å². The predicted octanol–water partition coefficient (Wildman–Crippen LogP) is 28.7. The number of hydrogen-bond donors (Lipinski definition) is 0. The zero-order valence-corrected chi connectivity index (χ0v) is 80.2. The molecule has 0 unspecified atom stereocenters. The van der Waals surface area contributed by atoms with Crippen LogP contribution in [0.2, 0.25) is 0 Å². The third-order valence-electron chi connectivity index (χ3n) is 27.9. The minimum Gasteiger partial charge on any atom is -0.292 e. The number of pyridine rings is 4. The number of aromatic nitrogens is 7. The van der Waals surface area contributed by atoms with Crippen molar-refractivity contribution in [3.63, 3.8) is 0 Å². The molecule has 28 aromatic rings. The van der Waals surface area contributed by atoms with Crippen molar-refractivity contribution in [1.82, 2.24) is 33.1 Å². The minimum absolute atomic E-state index is 0.964. The van der Waals surface area contributed by atoms with Gasteiger partial charge in [-0.1, -0.05) is 418 Å². The number of hydrogen-bond acceptors (Lipinski definition) is 7. The minimum atomic E-state index is -2.37. The zero-order valence-electron chi connectivity index (χ0n) is 75.0. The summed E-state index contributed by atoms with van der Waals surface area (Å²) in [6.45, 7) is 0. The molecule has 21 aromatic carbocycles. The van der Waals surface area contributed by atoms with Gasteiger partial charge in [0, 0.05) is 73.8 Å². The molecule has 13 heteroatoms. The third-order valence-corrected chi connectivity index (χ3v) is 42.8. The highest BCUT2D eigenvalue weighted by Crippen LogP contribution is 2.50. The Balaban J connectivity index is 0.000000108. The molecule has 0 aliphatic heterocycles. The van der Waals surface area contributed by atoms with Gasteiger partial charge >= 0.3 is 0 Å². The van der Waals surface area contributed by atoms with E-state index >= 15 is 0 Å². The van der Waals surface area contributed by atoms with Gasteiger partial charge in [-0.15, -0.1) is 0 Å². The van der Waals surface area contributed by atoms with Crippen LogP contribution in [-0.2, 0) is 35.4 Å². The molecule has 0 aliphatic rings. The summed E-state index contributed by atoms with van der Waals surface area (Å²) >= 11 is 20.4. The third kappa shape index (κ3) is 13.9. The lowest BCUT2D eigenvalue weighted by molar-refractivity contribution is 1.32. The Morgan fingerprint density at radius 2 is 0.590 bits per heavy atom. The first kappa shape index (κ1) is 83.7. The number of nitrogens with zero attached hydrogens (tertiary/aromatic N) is 7. The van der Waals surface area contributed by atoms with Crippen LogP contribution < -0.4 is 47.7 Å². The summed E-state index contributed by atoms with van der Waals surface area (Å²) in [4.78, 5) is 20.2. The highest BCUT2D eigenvalue weighted by Gasteiger charge is 2.32. The normalized spacial score (nSPS) is 12.1. The van der Waals surface area contributed by atoms with E-state index in [2.05, 4.69) is 497 Å². The summed E-state index contributed by atoms with van der Waals surface area (Å²) in [6.07, 6.45) is 3.74. The molecule has 7 heterocycles. The zero-order chi connectivity index (χ0) is 92.4.